The number of anilines is 1. The largest absolute Gasteiger partial charge is 0.340 e. The van der Waals surface area contributed by atoms with E-state index in [1.54, 1.807) is 24.3 Å². The van der Waals surface area contributed by atoms with Crippen LogP contribution in [0.5, 0.6) is 0 Å². The van der Waals surface area contributed by atoms with Crippen LogP contribution in [-0.2, 0) is 4.79 Å². The molecule has 1 aromatic carbocycles. The summed E-state index contributed by atoms with van der Waals surface area (Å²) in [5, 5.41) is 15.2. The van der Waals surface area contributed by atoms with Gasteiger partial charge in [0.2, 0.25) is 0 Å². The second-order valence-electron chi connectivity index (χ2n) is 4.44. The van der Waals surface area contributed by atoms with Crippen molar-refractivity contribution in [2.75, 3.05) is 17.6 Å². The lowest BCUT2D eigenvalue weighted by Gasteiger charge is -2.05. The summed E-state index contributed by atoms with van der Waals surface area (Å²) in [6.07, 6.45) is 1.34. The molecular weight excluding hydrogens is 300 g/mol. The van der Waals surface area contributed by atoms with Crippen LogP contribution in [0.3, 0.4) is 0 Å². The number of benzene rings is 1. The first-order valence-corrected chi connectivity index (χ1v) is 7.55. The number of amidine groups is 1. The van der Waals surface area contributed by atoms with Crippen LogP contribution in [0.15, 0.2) is 41.0 Å². The lowest BCUT2D eigenvalue weighted by atomic mass is 10.1. The first-order chi connectivity index (χ1) is 10.6. The summed E-state index contributed by atoms with van der Waals surface area (Å²) in [5.41, 5.74) is 1.03. The minimum atomic E-state index is -0.519. The normalized spacial score (nSPS) is 14.0. The van der Waals surface area contributed by atoms with E-state index in [9.17, 15) is 9.59 Å². The Morgan fingerprint density at radius 3 is 2.64 bits per heavy atom. The molecule has 6 nitrogen and oxygen atoms in total. The molecule has 1 heterocycles. The van der Waals surface area contributed by atoms with E-state index in [4.69, 9.17) is 5.26 Å². The molecule has 0 radical (unpaired) electrons. The molecule has 1 aliphatic rings. The summed E-state index contributed by atoms with van der Waals surface area (Å²) < 4.78 is 0. The monoisotopic (exact) mass is 314 g/mol. The van der Waals surface area contributed by atoms with Gasteiger partial charge >= 0.3 is 0 Å². The van der Waals surface area contributed by atoms with Crippen molar-refractivity contribution in [2.45, 2.75) is 6.92 Å². The third-order valence-corrected chi connectivity index (χ3v) is 3.75. The molecule has 0 fully saturated rings. The minimum Gasteiger partial charge on any atom is -0.340 e. The van der Waals surface area contributed by atoms with Gasteiger partial charge in [0.15, 0.2) is 11.0 Å². The third-order valence-electron chi connectivity index (χ3n) is 2.84. The van der Waals surface area contributed by atoms with Crippen LogP contribution in [0, 0.1) is 11.3 Å². The average Bonchev–Trinajstić information content (AvgIpc) is 3.01. The molecule has 1 amide bonds. The number of Topliss-reactive ketones (excluding diaryl/α,β-unsaturated/α-hetero) is 1. The molecule has 2 N–H and O–H groups in total. The maximum atomic E-state index is 12.0. The number of amides is 1. The number of nitrogens with zero attached hydrogens (tertiary/aromatic N) is 2. The molecule has 0 atom stereocenters. The summed E-state index contributed by atoms with van der Waals surface area (Å²) in [5.74, 6) is 0.330. The number of carbonyl (C=O) groups is 2. The Morgan fingerprint density at radius 1 is 1.36 bits per heavy atom. The first-order valence-electron chi connectivity index (χ1n) is 6.56. The highest BCUT2D eigenvalue weighted by Gasteiger charge is 2.11. The van der Waals surface area contributed by atoms with Crippen LogP contribution in [0.2, 0.25) is 0 Å². The van der Waals surface area contributed by atoms with Gasteiger partial charge in [0.05, 0.1) is 6.54 Å². The van der Waals surface area contributed by atoms with Crippen molar-refractivity contribution in [1.29, 1.82) is 5.26 Å². The average molecular weight is 314 g/mol. The fourth-order valence-electron chi connectivity index (χ4n) is 1.69. The molecule has 0 aliphatic carbocycles. The van der Waals surface area contributed by atoms with Crippen molar-refractivity contribution in [3.63, 3.8) is 0 Å². The van der Waals surface area contributed by atoms with Crippen LogP contribution in [0.25, 0.3) is 0 Å². The molecule has 0 unspecified atom stereocenters. The predicted octanol–water partition coefficient (Wildman–Crippen LogP) is 1.93. The zero-order valence-electron chi connectivity index (χ0n) is 11.9. The summed E-state index contributed by atoms with van der Waals surface area (Å²) >= 11 is 1.54. The minimum absolute atomic E-state index is 0.0467. The van der Waals surface area contributed by atoms with Crippen LogP contribution in [0.4, 0.5) is 5.69 Å². The molecule has 0 saturated carbocycles. The molecule has 2 rings (SSSR count). The summed E-state index contributed by atoms with van der Waals surface area (Å²) in [6, 6.07) is 8.32. The Hall–Kier alpha value is -2.59. The topological polar surface area (TPSA) is 94.4 Å². The number of nitrogens with one attached hydrogen (secondary N) is 2. The quantitative estimate of drug-likeness (QED) is 0.503. The molecule has 112 valence electrons. The van der Waals surface area contributed by atoms with Crippen molar-refractivity contribution in [3.8, 4) is 6.07 Å². The summed E-state index contributed by atoms with van der Waals surface area (Å²) in [6.45, 7) is 2.21. The molecule has 0 saturated heterocycles. The Morgan fingerprint density at radius 2 is 2.09 bits per heavy atom. The number of hydrogen-bond donors (Lipinski definition) is 2. The van der Waals surface area contributed by atoms with E-state index in [2.05, 4.69) is 15.6 Å². The maximum Gasteiger partial charge on any atom is 0.267 e. The lowest BCUT2D eigenvalue weighted by molar-refractivity contribution is -0.112. The second-order valence-corrected chi connectivity index (χ2v) is 5.52. The molecule has 1 aromatic rings. The van der Waals surface area contributed by atoms with Crippen molar-refractivity contribution in [1.82, 2.24) is 5.32 Å². The smallest absolute Gasteiger partial charge is 0.267 e. The number of nitriles is 1. The Kier molecular flexibility index (Phi) is 5.33. The molecule has 0 bridgehead atoms. The maximum absolute atomic E-state index is 12.0. The van der Waals surface area contributed by atoms with Crippen LogP contribution in [0.1, 0.15) is 17.3 Å². The Bertz CT molecular complexity index is 686. The van der Waals surface area contributed by atoms with Gasteiger partial charge in [-0.05, 0) is 31.2 Å². The first kappa shape index (κ1) is 15.8. The number of rotatable bonds is 4. The number of hydrogen-bond acceptors (Lipinski definition) is 6. The number of ketones is 1. The molecule has 1 aliphatic heterocycles. The van der Waals surface area contributed by atoms with Gasteiger partial charge in [0.1, 0.15) is 11.6 Å². The van der Waals surface area contributed by atoms with Crippen molar-refractivity contribution in [3.05, 3.63) is 41.6 Å². The molecule has 0 aromatic heterocycles. The number of thioether (sulfide) groups is 1. The number of aliphatic imine (C=N–C) groups is 1. The van der Waals surface area contributed by atoms with Crippen molar-refractivity contribution in [2.24, 2.45) is 4.99 Å². The van der Waals surface area contributed by atoms with E-state index in [0.29, 0.717) is 16.4 Å². The highest BCUT2D eigenvalue weighted by atomic mass is 32.2. The standard InChI is InChI=1S/C15H14N4O2S/c1-10(20)11-2-4-13(5-3-11)19-14(21)12(8-16)9-18-15-17-6-7-22-15/h2-5,9H,6-7H2,1H3,(H,17,18)(H,19,21)/b12-9-. The van der Waals surface area contributed by atoms with Crippen molar-refractivity contribution < 1.29 is 9.59 Å². The van der Waals surface area contributed by atoms with Gasteiger partial charge < -0.3 is 10.6 Å². The van der Waals surface area contributed by atoms with Gasteiger partial charge in [-0.1, -0.05) is 11.8 Å². The van der Waals surface area contributed by atoms with Gasteiger partial charge in [-0.25, -0.2) is 0 Å². The predicted molar refractivity (Wildman–Crippen MR) is 86.7 cm³/mol. The Labute approximate surface area is 132 Å². The van der Waals surface area contributed by atoms with Gasteiger partial charge in [-0.3, -0.25) is 14.6 Å². The Balaban J connectivity index is 2.01. The van der Waals surface area contributed by atoms with E-state index in [-0.39, 0.29) is 11.4 Å². The van der Waals surface area contributed by atoms with Gasteiger partial charge in [0, 0.05) is 23.2 Å². The van der Waals surface area contributed by atoms with E-state index < -0.39 is 5.91 Å². The van der Waals surface area contributed by atoms with Crippen LogP contribution in [-0.4, -0.2) is 29.2 Å². The lowest BCUT2D eigenvalue weighted by Crippen LogP contribution is -2.18. The van der Waals surface area contributed by atoms with E-state index in [1.807, 2.05) is 6.07 Å². The number of carbonyl (C=O) groups excluding carboxylic acids is 2. The molecule has 22 heavy (non-hydrogen) atoms. The zero-order chi connectivity index (χ0) is 15.9. The highest BCUT2D eigenvalue weighted by molar-refractivity contribution is 8.14. The van der Waals surface area contributed by atoms with Gasteiger partial charge in [-0.15, -0.1) is 0 Å². The van der Waals surface area contributed by atoms with Gasteiger partial charge in [0.25, 0.3) is 5.91 Å². The fourth-order valence-corrected chi connectivity index (χ4v) is 2.39. The highest BCUT2D eigenvalue weighted by Crippen LogP contribution is 2.12. The van der Waals surface area contributed by atoms with Crippen molar-refractivity contribution >= 4 is 34.3 Å². The SMILES string of the molecule is CC(=O)c1ccc(NC(=O)/C(C#N)=C\NC2=NCCS2)cc1. The molecule has 0 spiro atoms. The van der Waals surface area contributed by atoms with Crippen LogP contribution < -0.4 is 10.6 Å². The molecular formula is C15H14N4O2S. The van der Waals surface area contributed by atoms with E-state index in [0.717, 1.165) is 12.3 Å². The van der Waals surface area contributed by atoms with Gasteiger partial charge in [-0.2, -0.15) is 5.26 Å². The van der Waals surface area contributed by atoms with E-state index >= 15 is 0 Å². The van der Waals surface area contributed by atoms with E-state index in [1.165, 1.54) is 24.9 Å². The van der Waals surface area contributed by atoms with Crippen LogP contribution >= 0.6 is 11.8 Å². The summed E-state index contributed by atoms with van der Waals surface area (Å²) in [4.78, 5) is 27.4. The zero-order valence-corrected chi connectivity index (χ0v) is 12.7. The molecule has 7 heteroatoms. The fraction of sp³-hybridized carbons (Fsp3) is 0.200. The third kappa shape index (κ3) is 4.20. The second kappa shape index (κ2) is 7.43. The summed E-state index contributed by atoms with van der Waals surface area (Å²) in [7, 11) is 0.